The van der Waals surface area contributed by atoms with Crippen molar-refractivity contribution in [3.05, 3.63) is 29.8 Å². The van der Waals surface area contributed by atoms with Crippen molar-refractivity contribution in [2.45, 2.75) is 18.9 Å². The molecule has 0 heterocycles. The fourth-order valence-corrected chi connectivity index (χ4v) is 2.22. The lowest BCUT2D eigenvalue weighted by atomic mass is 10.2. The Balaban J connectivity index is 1.78. The lowest BCUT2D eigenvalue weighted by molar-refractivity contribution is -0.148. The molecule has 0 spiro atoms. The minimum absolute atomic E-state index is 0.0611. The molecule has 27 heavy (non-hydrogen) atoms. The SMILES string of the molecule is COc1ccc(/C=C/C(=O)OCC(=O)N(C)CC(=O)NC2CC2)cc1OC. The first-order chi connectivity index (χ1) is 12.9. The Hall–Kier alpha value is -3.03. The summed E-state index contributed by atoms with van der Waals surface area (Å²) in [6.07, 6.45) is 4.72. The van der Waals surface area contributed by atoms with E-state index in [2.05, 4.69) is 5.32 Å². The largest absolute Gasteiger partial charge is 0.493 e. The van der Waals surface area contributed by atoms with Crippen molar-refractivity contribution in [1.29, 1.82) is 0 Å². The van der Waals surface area contributed by atoms with E-state index in [1.807, 2.05) is 0 Å². The number of nitrogens with one attached hydrogen (secondary N) is 1. The Morgan fingerprint density at radius 2 is 1.89 bits per heavy atom. The van der Waals surface area contributed by atoms with Crippen LogP contribution in [-0.4, -0.2) is 63.1 Å². The summed E-state index contributed by atoms with van der Waals surface area (Å²) in [6, 6.07) is 5.41. The van der Waals surface area contributed by atoms with E-state index in [4.69, 9.17) is 14.2 Å². The predicted octanol–water partition coefficient (Wildman–Crippen LogP) is 0.997. The van der Waals surface area contributed by atoms with Gasteiger partial charge in [-0.1, -0.05) is 6.07 Å². The third kappa shape index (κ3) is 6.65. The second-order valence-electron chi connectivity index (χ2n) is 6.15. The molecule has 1 aliphatic carbocycles. The number of amides is 2. The molecule has 1 fully saturated rings. The summed E-state index contributed by atoms with van der Waals surface area (Å²) in [5.74, 6) is -0.207. The van der Waals surface area contributed by atoms with Gasteiger partial charge < -0.3 is 24.4 Å². The summed E-state index contributed by atoms with van der Waals surface area (Å²) in [7, 11) is 4.54. The summed E-state index contributed by atoms with van der Waals surface area (Å²) in [6.45, 7) is -0.489. The van der Waals surface area contributed by atoms with Crippen LogP contribution in [0.1, 0.15) is 18.4 Å². The van der Waals surface area contributed by atoms with Crippen molar-refractivity contribution in [3.63, 3.8) is 0 Å². The van der Waals surface area contributed by atoms with Gasteiger partial charge in [-0.3, -0.25) is 9.59 Å². The standard InChI is InChI=1S/C19H24N2O6/c1-21(11-17(22)20-14-6-7-14)18(23)12-27-19(24)9-5-13-4-8-15(25-2)16(10-13)26-3/h4-5,8-10,14H,6-7,11-12H2,1-3H3,(H,20,22)/b9-5+. The highest BCUT2D eigenvalue weighted by molar-refractivity contribution is 5.90. The topological polar surface area (TPSA) is 94.2 Å². The van der Waals surface area contributed by atoms with E-state index < -0.39 is 18.5 Å². The Kier molecular flexibility index (Phi) is 7.22. The van der Waals surface area contributed by atoms with Gasteiger partial charge in [-0.05, 0) is 36.6 Å². The number of likely N-dealkylation sites (N-methyl/N-ethyl adjacent to an activating group) is 1. The number of carbonyl (C=O) groups excluding carboxylic acids is 3. The number of benzene rings is 1. The summed E-state index contributed by atoms with van der Waals surface area (Å²) in [5, 5.41) is 2.79. The van der Waals surface area contributed by atoms with E-state index in [1.165, 1.54) is 32.2 Å². The van der Waals surface area contributed by atoms with Crippen molar-refractivity contribution in [3.8, 4) is 11.5 Å². The summed E-state index contributed by atoms with van der Waals surface area (Å²) >= 11 is 0. The smallest absolute Gasteiger partial charge is 0.331 e. The minimum Gasteiger partial charge on any atom is -0.493 e. The van der Waals surface area contributed by atoms with Gasteiger partial charge in [0, 0.05) is 19.2 Å². The molecule has 2 amide bonds. The van der Waals surface area contributed by atoms with Gasteiger partial charge in [0.25, 0.3) is 5.91 Å². The zero-order chi connectivity index (χ0) is 19.8. The fraction of sp³-hybridized carbons (Fsp3) is 0.421. The van der Waals surface area contributed by atoms with Crippen LogP contribution in [0.2, 0.25) is 0 Å². The number of nitrogens with zero attached hydrogens (tertiary/aromatic N) is 1. The molecule has 1 aromatic rings. The molecular weight excluding hydrogens is 352 g/mol. The average Bonchev–Trinajstić information content (AvgIpc) is 3.47. The van der Waals surface area contributed by atoms with Gasteiger partial charge in [0.1, 0.15) is 0 Å². The second kappa shape index (κ2) is 9.61. The number of rotatable bonds is 9. The van der Waals surface area contributed by atoms with Crippen molar-refractivity contribution in [2.24, 2.45) is 0 Å². The maximum Gasteiger partial charge on any atom is 0.331 e. The van der Waals surface area contributed by atoms with E-state index in [0.29, 0.717) is 17.1 Å². The summed E-state index contributed by atoms with van der Waals surface area (Å²) in [4.78, 5) is 36.6. The van der Waals surface area contributed by atoms with Crippen molar-refractivity contribution >= 4 is 23.9 Å². The van der Waals surface area contributed by atoms with Crippen LogP contribution < -0.4 is 14.8 Å². The van der Waals surface area contributed by atoms with Gasteiger partial charge in [-0.15, -0.1) is 0 Å². The van der Waals surface area contributed by atoms with E-state index in [0.717, 1.165) is 12.8 Å². The van der Waals surface area contributed by atoms with Crippen LogP contribution in [0.25, 0.3) is 6.08 Å². The number of hydrogen-bond donors (Lipinski definition) is 1. The molecule has 0 atom stereocenters. The molecule has 0 saturated heterocycles. The van der Waals surface area contributed by atoms with Crippen LogP contribution in [0.4, 0.5) is 0 Å². The van der Waals surface area contributed by atoms with Crippen molar-refractivity contribution in [2.75, 3.05) is 34.4 Å². The van der Waals surface area contributed by atoms with E-state index in [-0.39, 0.29) is 18.5 Å². The van der Waals surface area contributed by atoms with Gasteiger partial charge in [0.05, 0.1) is 20.8 Å². The lowest BCUT2D eigenvalue weighted by Crippen LogP contribution is -2.40. The van der Waals surface area contributed by atoms with Gasteiger partial charge in [0.15, 0.2) is 18.1 Å². The molecule has 0 aliphatic heterocycles. The summed E-state index contributed by atoms with van der Waals surface area (Å²) in [5.41, 5.74) is 0.713. The number of esters is 1. The highest BCUT2D eigenvalue weighted by atomic mass is 16.5. The van der Waals surface area contributed by atoms with E-state index in [1.54, 1.807) is 24.3 Å². The second-order valence-corrected chi connectivity index (χ2v) is 6.15. The third-order valence-electron chi connectivity index (χ3n) is 3.91. The fourth-order valence-electron chi connectivity index (χ4n) is 2.22. The molecule has 0 bridgehead atoms. The maximum absolute atomic E-state index is 11.9. The molecule has 0 unspecified atom stereocenters. The number of carbonyl (C=O) groups is 3. The molecule has 0 radical (unpaired) electrons. The normalized spacial score (nSPS) is 13.1. The first-order valence-corrected chi connectivity index (χ1v) is 8.53. The molecule has 2 rings (SSSR count). The van der Waals surface area contributed by atoms with Crippen molar-refractivity contribution in [1.82, 2.24) is 10.2 Å². The average molecular weight is 376 g/mol. The quantitative estimate of drug-likeness (QED) is 0.510. The Bertz CT molecular complexity index is 727. The number of methoxy groups -OCH3 is 2. The lowest BCUT2D eigenvalue weighted by Gasteiger charge is -2.16. The van der Waals surface area contributed by atoms with Gasteiger partial charge in [-0.25, -0.2) is 4.79 Å². The van der Waals surface area contributed by atoms with E-state index >= 15 is 0 Å². The molecule has 8 nitrogen and oxygen atoms in total. The molecule has 1 N–H and O–H groups in total. The first-order valence-electron chi connectivity index (χ1n) is 8.53. The zero-order valence-electron chi connectivity index (χ0n) is 15.7. The first kappa shape index (κ1) is 20.3. The minimum atomic E-state index is -0.658. The van der Waals surface area contributed by atoms with Gasteiger partial charge in [0.2, 0.25) is 5.91 Å². The van der Waals surface area contributed by atoms with Crippen LogP contribution >= 0.6 is 0 Å². The molecule has 0 aromatic heterocycles. The Morgan fingerprint density at radius 1 is 1.19 bits per heavy atom. The molecule has 1 aliphatic rings. The summed E-state index contributed by atoms with van der Waals surface area (Å²) < 4.78 is 15.3. The Morgan fingerprint density at radius 3 is 2.52 bits per heavy atom. The van der Waals surface area contributed by atoms with E-state index in [9.17, 15) is 14.4 Å². The highest BCUT2D eigenvalue weighted by Crippen LogP contribution is 2.27. The maximum atomic E-state index is 11.9. The van der Waals surface area contributed by atoms with Gasteiger partial charge in [-0.2, -0.15) is 0 Å². The van der Waals surface area contributed by atoms with Crippen LogP contribution in [0, 0.1) is 0 Å². The van der Waals surface area contributed by atoms with Crippen LogP contribution in [0.5, 0.6) is 11.5 Å². The number of hydrogen-bond acceptors (Lipinski definition) is 6. The monoisotopic (exact) mass is 376 g/mol. The predicted molar refractivity (Wildman–Crippen MR) is 98.3 cm³/mol. The molecule has 1 saturated carbocycles. The molecule has 146 valence electrons. The molecular formula is C19H24N2O6. The van der Waals surface area contributed by atoms with Crippen LogP contribution in [0.3, 0.4) is 0 Å². The zero-order valence-corrected chi connectivity index (χ0v) is 15.7. The highest BCUT2D eigenvalue weighted by Gasteiger charge is 2.24. The number of ether oxygens (including phenoxy) is 3. The van der Waals surface area contributed by atoms with Gasteiger partial charge >= 0.3 is 5.97 Å². The third-order valence-corrected chi connectivity index (χ3v) is 3.91. The van der Waals surface area contributed by atoms with Crippen LogP contribution in [-0.2, 0) is 19.1 Å². The Labute approximate surface area is 158 Å². The molecule has 8 heteroatoms. The van der Waals surface area contributed by atoms with Crippen LogP contribution in [0.15, 0.2) is 24.3 Å². The van der Waals surface area contributed by atoms with Crippen molar-refractivity contribution < 1.29 is 28.6 Å². The molecule has 1 aromatic carbocycles.